The molecular formula is C14H17N3O3. The van der Waals surface area contributed by atoms with E-state index in [1.807, 2.05) is 30.3 Å². The summed E-state index contributed by atoms with van der Waals surface area (Å²) in [7, 11) is 0. The molecular weight excluding hydrogens is 258 g/mol. The van der Waals surface area contributed by atoms with Crippen molar-refractivity contribution < 1.29 is 14.1 Å². The number of aryl methyl sites for hydroxylation is 2. The number of ether oxygens (including phenoxy) is 1. The molecule has 0 bridgehead atoms. The van der Waals surface area contributed by atoms with Crippen molar-refractivity contribution in [2.75, 3.05) is 18.5 Å². The summed E-state index contributed by atoms with van der Waals surface area (Å²) in [5.41, 5.74) is 1.25. The average molecular weight is 275 g/mol. The number of para-hydroxylation sites is 1. The minimum atomic E-state index is -0.309. The second-order valence-electron chi connectivity index (χ2n) is 4.24. The highest BCUT2D eigenvalue weighted by molar-refractivity contribution is 5.90. The molecule has 0 radical (unpaired) electrons. The topological polar surface area (TPSA) is 76.4 Å². The number of aromatic nitrogens is 1. The number of nitrogens with zero attached hydrogens (tertiary/aromatic N) is 1. The van der Waals surface area contributed by atoms with Gasteiger partial charge in [-0.1, -0.05) is 23.4 Å². The Balaban J connectivity index is 1.71. The lowest BCUT2D eigenvalue weighted by Gasteiger charge is -2.08. The summed E-state index contributed by atoms with van der Waals surface area (Å²) < 4.78 is 10.4. The molecule has 2 amide bonds. The molecule has 1 aromatic heterocycles. The summed E-state index contributed by atoms with van der Waals surface area (Å²) >= 11 is 0. The number of nitrogens with one attached hydrogen (secondary N) is 2. The van der Waals surface area contributed by atoms with Gasteiger partial charge in [0.25, 0.3) is 0 Å². The largest absolute Gasteiger partial charge is 0.492 e. The van der Waals surface area contributed by atoms with Gasteiger partial charge in [0, 0.05) is 0 Å². The normalized spacial score (nSPS) is 10.1. The van der Waals surface area contributed by atoms with Gasteiger partial charge >= 0.3 is 6.03 Å². The van der Waals surface area contributed by atoms with E-state index in [0.29, 0.717) is 30.3 Å². The van der Waals surface area contributed by atoms with Gasteiger partial charge < -0.3 is 19.9 Å². The average Bonchev–Trinajstić information content (AvgIpc) is 2.77. The highest BCUT2D eigenvalue weighted by Gasteiger charge is 2.11. The van der Waals surface area contributed by atoms with Crippen LogP contribution in [0.3, 0.4) is 0 Å². The van der Waals surface area contributed by atoms with Gasteiger partial charge in [0.15, 0.2) is 5.76 Å². The maximum Gasteiger partial charge on any atom is 0.319 e. The fourth-order valence-corrected chi connectivity index (χ4v) is 1.67. The van der Waals surface area contributed by atoms with Crippen LogP contribution in [-0.2, 0) is 0 Å². The van der Waals surface area contributed by atoms with Gasteiger partial charge in [0.2, 0.25) is 0 Å². The molecule has 0 aliphatic rings. The third-order valence-corrected chi connectivity index (χ3v) is 2.67. The number of anilines is 1. The Morgan fingerprint density at radius 2 is 2.05 bits per heavy atom. The zero-order valence-corrected chi connectivity index (χ0v) is 11.5. The molecule has 2 aromatic rings. The van der Waals surface area contributed by atoms with Gasteiger partial charge in [-0.15, -0.1) is 0 Å². The van der Waals surface area contributed by atoms with Gasteiger partial charge in [0.1, 0.15) is 23.7 Å². The van der Waals surface area contributed by atoms with Gasteiger partial charge in [-0.05, 0) is 26.0 Å². The Morgan fingerprint density at radius 3 is 2.70 bits per heavy atom. The number of carbonyl (C=O) groups is 1. The van der Waals surface area contributed by atoms with Gasteiger partial charge in [-0.25, -0.2) is 4.79 Å². The number of hydrogen-bond acceptors (Lipinski definition) is 4. The number of hydrogen-bond donors (Lipinski definition) is 2. The van der Waals surface area contributed by atoms with E-state index < -0.39 is 0 Å². The van der Waals surface area contributed by atoms with Crippen LogP contribution >= 0.6 is 0 Å². The molecule has 1 aromatic carbocycles. The number of urea groups is 1. The summed E-state index contributed by atoms with van der Waals surface area (Å²) in [4.78, 5) is 11.7. The van der Waals surface area contributed by atoms with Gasteiger partial charge in [-0.3, -0.25) is 0 Å². The van der Waals surface area contributed by atoms with Crippen molar-refractivity contribution in [1.29, 1.82) is 0 Å². The predicted octanol–water partition coefficient (Wildman–Crippen LogP) is 2.49. The Labute approximate surface area is 117 Å². The lowest BCUT2D eigenvalue weighted by Crippen LogP contribution is -2.32. The SMILES string of the molecule is Cc1noc(C)c1NC(=O)NCCOc1ccccc1. The van der Waals surface area contributed by atoms with E-state index >= 15 is 0 Å². The summed E-state index contributed by atoms with van der Waals surface area (Å²) in [6.07, 6.45) is 0. The highest BCUT2D eigenvalue weighted by atomic mass is 16.5. The molecule has 106 valence electrons. The van der Waals surface area contributed by atoms with Gasteiger partial charge in [-0.2, -0.15) is 0 Å². The maximum absolute atomic E-state index is 11.7. The van der Waals surface area contributed by atoms with Crippen LogP contribution < -0.4 is 15.4 Å². The molecule has 6 heteroatoms. The summed E-state index contributed by atoms with van der Waals surface area (Å²) in [6.45, 7) is 4.32. The van der Waals surface area contributed by atoms with Crippen LogP contribution in [0.1, 0.15) is 11.5 Å². The molecule has 0 spiro atoms. The molecule has 2 N–H and O–H groups in total. The van der Waals surface area contributed by atoms with Crippen molar-refractivity contribution in [1.82, 2.24) is 10.5 Å². The van der Waals surface area contributed by atoms with E-state index in [0.717, 1.165) is 5.75 Å². The molecule has 20 heavy (non-hydrogen) atoms. The van der Waals surface area contributed by atoms with E-state index in [4.69, 9.17) is 9.26 Å². The fraction of sp³-hybridized carbons (Fsp3) is 0.286. The third kappa shape index (κ3) is 3.74. The molecule has 0 unspecified atom stereocenters. The Kier molecular flexibility index (Phi) is 4.60. The summed E-state index contributed by atoms with van der Waals surface area (Å²) in [5, 5.41) is 9.16. The summed E-state index contributed by atoms with van der Waals surface area (Å²) in [6, 6.07) is 9.13. The van der Waals surface area contributed by atoms with E-state index in [2.05, 4.69) is 15.8 Å². The fourth-order valence-electron chi connectivity index (χ4n) is 1.67. The number of rotatable bonds is 5. The summed E-state index contributed by atoms with van der Waals surface area (Å²) in [5.74, 6) is 1.36. The number of carbonyl (C=O) groups excluding carboxylic acids is 1. The number of benzene rings is 1. The smallest absolute Gasteiger partial charge is 0.319 e. The Morgan fingerprint density at radius 1 is 1.30 bits per heavy atom. The minimum absolute atomic E-state index is 0.309. The van der Waals surface area contributed by atoms with Crippen LogP contribution in [0.25, 0.3) is 0 Å². The van der Waals surface area contributed by atoms with Crippen molar-refractivity contribution in [3.63, 3.8) is 0 Å². The van der Waals surface area contributed by atoms with Crippen LogP contribution in [0.15, 0.2) is 34.9 Å². The minimum Gasteiger partial charge on any atom is -0.492 e. The van der Waals surface area contributed by atoms with E-state index in [9.17, 15) is 4.79 Å². The zero-order valence-electron chi connectivity index (χ0n) is 11.5. The molecule has 0 aliphatic carbocycles. The van der Waals surface area contributed by atoms with Crippen molar-refractivity contribution >= 4 is 11.7 Å². The lowest BCUT2D eigenvalue weighted by molar-refractivity contribution is 0.247. The second-order valence-corrected chi connectivity index (χ2v) is 4.24. The molecule has 0 saturated carbocycles. The van der Waals surface area contributed by atoms with Crippen molar-refractivity contribution in [2.45, 2.75) is 13.8 Å². The van der Waals surface area contributed by atoms with Crippen LogP contribution in [-0.4, -0.2) is 24.3 Å². The van der Waals surface area contributed by atoms with E-state index in [1.54, 1.807) is 13.8 Å². The van der Waals surface area contributed by atoms with E-state index in [1.165, 1.54) is 0 Å². The molecule has 1 heterocycles. The molecule has 0 atom stereocenters. The Hall–Kier alpha value is -2.50. The first-order valence-corrected chi connectivity index (χ1v) is 6.32. The maximum atomic E-state index is 11.7. The monoisotopic (exact) mass is 275 g/mol. The van der Waals surface area contributed by atoms with E-state index in [-0.39, 0.29) is 6.03 Å². The third-order valence-electron chi connectivity index (χ3n) is 2.67. The van der Waals surface area contributed by atoms with Crippen molar-refractivity contribution in [2.24, 2.45) is 0 Å². The molecule has 0 saturated heterocycles. The highest BCUT2D eigenvalue weighted by Crippen LogP contribution is 2.18. The first kappa shape index (κ1) is 13.9. The lowest BCUT2D eigenvalue weighted by atomic mass is 10.3. The van der Waals surface area contributed by atoms with Crippen LogP contribution in [0.2, 0.25) is 0 Å². The van der Waals surface area contributed by atoms with Crippen molar-refractivity contribution in [3.05, 3.63) is 41.8 Å². The van der Waals surface area contributed by atoms with Crippen molar-refractivity contribution in [3.8, 4) is 5.75 Å². The molecule has 2 rings (SSSR count). The standard InChI is InChI=1S/C14H17N3O3/c1-10-13(11(2)20-17-10)16-14(18)15-8-9-19-12-6-4-3-5-7-12/h3-7H,8-9H2,1-2H3,(H2,15,16,18). The number of amides is 2. The first-order valence-electron chi connectivity index (χ1n) is 6.32. The van der Waals surface area contributed by atoms with Crippen LogP contribution in [0.4, 0.5) is 10.5 Å². The molecule has 0 aliphatic heterocycles. The van der Waals surface area contributed by atoms with Gasteiger partial charge in [0.05, 0.1) is 6.54 Å². The second kappa shape index (κ2) is 6.60. The van der Waals surface area contributed by atoms with Crippen LogP contribution in [0, 0.1) is 13.8 Å². The molecule has 0 fully saturated rings. The Bertz CT molecular complexity index is 547. The molecule has 6 nitrogen and oxygen atoms in total. The first-order chi connectivity index (χ1) is 9.66. The predicted molar refractivity (Wildman–Crippen MR) is 74.9 cm³/mol. The zero-order chi connectivity index (χ0) is 14.4. The quantitative estimate of drug-likeness (QED) is 0.822. The van der Waals surface area contributed by atoms with Crippen LogP contribution in [0.5, 0.6) is 5.75 Å².